The maximum absolute atomic E-state index is 13.2. The maximum atomic E-state index is 13.2. The summed E-state index contributed by atoms with van der Waals surface area (Å²) in [6.07, 6.45) is 3.68. The Morgan fingerprint density at radius 3 is 2.56 bits per heavy atom. The quantitative estimate of drug-likeness (QED) is 0.604. The minimum absolute atomic E-state index is 0.173. The molecule has 1 saturated heterocycles. The SMILES string of the molecule is CC(=O)OC1N=C(c2ccccc2Cl)c2cc(Cl)ccc2N2NN(C(=O)N3CCCCC3)C=C12. The number of esters is 1. The Kier molecular flexibility index (Phi) is 6.20. The molecule has 176 valence electrons. The van der Waals surface area contributed by atoms with E-state index in [-0.39, 0.29) is 6.03 Å². The van der Waals surface area contributed by atoms with Crippen LogP contribution in [0.4, 0.5) is 10.5 Å². The van der Waals surface area contributed by atoms with E-state index in [1.54, 1.807) is 29.4 Å². The van der Waals surface area contributed by atoms with Crippen LogP contribution in [0, 0.1) is 0 Å². The number of piperidine rings is 1. The van der Waals surface area contributed by atoms with E-state index >= 15 is 0 Å². The van der Waals surface area contributed by atoms with Crippen LogP contribution in [0.5, 0.6) is 0 Å². The molecule has 3 aliphatic rings. The van der Waals surface area contributed by atoms with Crippen LogP contribution in [0.25, 0.3) is 0 Å². The Bertz CT molecular complexity index is 1210. The highest BCUT2D eigenvalue weighted by Gasteiger charge is 2.38. The van der Waals surface area contributed by atoms with E-state index in [0.717, 1.165) is 19.3 Å². The summed E-state index contributed by atoms with van der Waals surface area (Å²) in [6, 6.07) is 12.5. The zero-order valence-corrected chi connectivity index (χ0v) is 20.0. The highest BCUT2D eigenvalue weighted by Crippen LogP contribution is 2.37. The van der Waals surface area contributed by atoms with E-state index in [9.17, 15) is 9.59 Å². The van der Waals surface area contributed by atoms with Gasteiger partial charge in [0.15, 0.2) is 0 Å². The van der Waals surface area contributed by atoms with E-state index in [0.29, 0.717) is 51.4 Å². The minimum Gasteiger partial charge on any atom is -0.434 e. The summed E-state index contributed by atoms with van der Waals surface area (Å²) < 4.78 is 5.61. The number of benzene rings is 2. The molecule has 2 aromatic carbocycles. The molecule has 1 fully saturated rings. The van der Waals surface area contributed by atoms with Crippen molar-refractivity contribution in [3.05, 3.63) is 75.5 Å². The summed E-state index contributed by atoms with van der Waals surface area (Å²) in [5, 5.41) is 4.12. The van der Waals surface area contributed by atoms with Crippen LogP contribution in [0.2, 0.25) is 10.0 Å². The smallest absolute Gasteiger partial charge is 0.340 e. The Morgan fingerprint density at radius 1 is 1.06 bits per heavy atom. The number of aliphatic imine (C=N–C) groups is 1. The number of ether oxygens (including phenoxy) is 1. The van der Waals surface area contributed by atoms with Gasteiger partial charge in [0.1, 0.15) is 5.70 Å². The number of carbonyl (C=O) groups is 2. The number of amides is 2. The Balaban J connectivity index is 1.63. The number of carbonyl (C=O) groups excluding carboxylic acids is 2. The number of hydrogen-bond donors (Lipinski definition) is 1. The van der Waals surface area contributed by atoms with Gasteiger partial charge in [0.05, 0.1) is 17.6 Å². The maximum Gasteiger partial charge on any atom is 0.340 e. The van der Waals surface area contributed by atoms with Crippen molar-refractivity contribution in [2.24, 2.45) is 4.99 Å². The van der Waals surface area contributed by atoms with Crippen LogP contribution in [-0.2, 0) is 9.53 Å². The van der Waals surface area contributed by atoms with Crippen molar-refractivity contribution in [1.29, 1.82) is 0 Å². The third-order valence-electron chi connectivity index (χ3n) is 5.92. The standard InChI is InChI=1S/C24H23Cl2N5O3/c1-15(32)34-23-21-14-30(24(33)29-11-5-2-6-12-29)28-31(21)20-10-9-16(25)13-18(20)22(27-23)17-7-3-4-8-19(17)26/h3-4,7-10,13-14,23,28H,2,5-6,11-12H2,1H3. The van der Waals surface area contributed by atoms with Crippen LogP contribution < -0.4 is 10.5 Å². The van der Waals surface area contributed by atoms with Crippen LogP contribution >= 0.6 is 23.2 Å². The molecule has 0 aromatic heterocycles. The normalized spacial score (nSPS) is 19.6. The fourth-order valence-corrected chi connectivity index (χ4v) is 4.74. The lowest BCUT2D eigenvalue weighted by Gasteiger charge is -2.31. The van der Waals surface area contributed by atoms with Gasteiger partial charge in [0.2, 0.25) is 6.23 Å². The second-order valence-electron chi connectivity index (χ2n) is 8.27. The van der Waals surface area contributed by atoms with Crippen molar-refractivity contribution in [1.82, 2.24) is 15.4 Å². The molecule has 0 saturated carbocycles. The first kappa shape index (κ1) is 22.7. The number of nitrogens with zero attached hydrogens (tertiary/aromatic N) is 4. The first-order valence-electron chi connectivity index (χ1n) is 11.1. The van der Waals surface area contributed by atoms with Gasteiger partial charge in [-0.2, -0.15) is 0 Å². The van der Waals surface area contributed by atoms with Crippen molar-refractivity contribution >= 4 is 46.6 Å². The summed E-state index contributed by atoms with van der Waals surface area (Å²) in [7, 11) is 0. The van der Waals surface area contributed by atoms with Gasteiger partial charge in [0.25, 0.3) is 0 Å². The predicted octanol–water partition coefficient (Wildman–Crippen LogP) is 4.72. The Hall–Kier alpha value is -3.07. The van der Waals surface area contributed by atoms with Gasteiger partial charge in [-0.1, -0.05) is 41.4 Å². The molecular weight excluding hydrogens is 477 g/mol. The fourth-order valence-electron chi connectivity index (χ4n) is 4.34. The van der Waals surface area contributed by atoms with Gasteiger partial charge >= 0.3 is 12.0 Å². The van der Waals surface area contributed by atoms with E-state index in [2.05, 4.69) is 5.53 Å². The third kappa shape index (κ3) is 4.24. The molecular formula is C24H23Cl2N5O3. The molecule has 34 heavy (non-hydrogen) atoms. The Morgan fingerprint density at radius 2 is 1.82 bits per heavy atom. The van der Waals surface area contributed by atoms with E-state index in [4.69, 9.17) is 32.9 Å². The van der Waals surface area contributed by atoms with Gasteiger partial charge in [0, 0.05) is 41.2 Å². The number of hydrogen-bond acceptors (Lipinski definition) is 6. The zero-order valence-electron chi connectivity index (χ0n) is 18.5. The van der Waals surface area contributed by atoms with E-state index in [1.807, 2.05) is 29.2 Å². The molecule has 5 rings (SSSR count). The molecule has 0 bridgehead atoms. The molecule has 10 heteroatoms. The number of halogens is 2. The molecule has 8 nitrogen and oxygen atoms in total. The summed E-state index contributed by atoms with van der Waals surface area (Å²) in [6.45, 7) is 2.73. The van der Waals surface area contributed by atoms with Crippen molar-refractivity contribution in [2.45, 2.75) is 32.4 Å². The summed E-state index contributed by atoms with van der Waals surface area (Å²) in [5.74, 6) is -0.502. The number of nitrogens with one attached hydrogen (secondary N) is 1. The average molecular weight is 500 g/mol. The second kappa shape index (κ2) is 9.29. The lowest BCUT2D eigenvalue weighted by atomic mass is 10.0. The zero-order chi connectivity index (χ0) is 23.8. The largest absolute Gasteiger partial charge is 0.434 e. The number of hydrazine groups is 2. The van der Waals surface area contributed by atoms with Crippen LogP contribution in [0.3, 0.4) is 0 Å². The predicted molar refractivity (Wildman–Crippen MR) is 130 cm³/mol. The molecule has 1 N–H and O–H groups in total. The molecule has 0 aliphatic carbocycles. The molecule has 0 radical (unpaired) electrons. The third-order valence-corrected chi connectivity index (χ3v) is 6.49. The van der Waals surface area contributed by atoms with Crippen LogP contribution in [0.15, 0.2) is 59.4 Å². The van der Waals surface area contributed by atoms with Crippen LogP contribution in [0.1, 0.15) is 37.3 Å². The summed E-state index contributed by atoms with van der Waals surface area (Å²) in [5.41, 5.74) is 6.21. The average Bonchev–Trinajstić information content (AvgIpc) is 3.23. The molecule has 3 heterocycles. The number of rotatable bonds is 2. The van der Waals surface area contributed by atoms with E-state index in [1.165, 1.54) is 11.9 Å². The van der Waals surface area contributed by atoms with Gasteiger partial charge in [-0.25, -0.2) is 14.8 Å². The fraction of sp³-hybridized carbons (Fsp3) is 0.292. The molecule has 2 aromatic rings. The van der Waals surface area contributed by atoms with Crippen LogP contribution in [-0.4, -0.2) is 46.9 Å². The van der Waals surface area contributed by atoms with Crippen molar-refractivity contribution < 1.29 is 14.3 Å². The molecule has 3 aliphatic heterocycles. The first-order valence-corrected chi connectivity index (χ1v) is 11.8. The number of fused-ring (bicyclic) bond motifs is 3. The highest BCUT2D eigenvalue weighted by atomic mass is 35.5. The van der Waals surface area contributed by atoms with Crippen molar-refractivity contribution in [2.75, 3.05) is 18.1 Å². The molecule has 1 unspecified atom stereocenters. The monoisotopic (exact) mass is 499 g/mol. The Labute approximate surface area is 207 Å². The van der Waals surface area contributed by atoms with Gasteiger partial charge in [-0.05, 0) is 43.5 Å². The topological polar surface area (TPSA) is 77.5 Å². The number of anilines is 1. The van der Waals surface area contributed by atoms with Crippen molar-refractivity contribution in [3.63, 3.8) is 0 Å². The highest BCUT2D eigenvalue weighted by molar-refractivity contribution is 6.36. The van der Waals surface area contributed by atoms with E-state index < -0.39 is 12.2 Å². The summed E-state index contributed by atoms with van der Waals surface area (Å²) >= 11 is 12.9. The van der Waals surface area contributed by atoms with Gasteiger partial charge in [-0.15, -0.1) is 5.53 Å². The molecule has 1 atom stereocenters. The van der Waals surface area contributed by atoms with Gasteiger partial charge < -0.3 is 9.64 Å². The number of urea groups is 1. The second-order valence-corrected chi connectivity index (χ2v) is 9.11. The number of likely N-dealkylation sites (tertiary alicyclic amines) is 1. The summed E-state index contributed by atoms with van der Waals surface area (Å²) in [4.78, 5) is 31.8. The molecule has 2 amide bonds. The van der Waals surface area contributed by atoms with Gasteiger partial charge in [-0.3, -0.25) is 9.80 Å². The molecule has 0 spiro atoms. The lowest BCUT2D eigenvalue weighted by molar-refractivity contribution is -0.144. The minimum atomic E-state index is -1.01. The lowest BCUT2D eigenvalue weighted by Crippen LogP contribution is -2.51. The van der Waals surface area contributed by atoms with Crippen molar-refractivity contribution in [3.8, 4) is 0 Å². The first-order chi connectivity index (χ1) is 16.4.